The first-order valence-corrected chi connectivity index (χ1v) is 11.2. The fourth-order valence-corrected chi connectivity index (χ4v) is 5.47. The van der Waals surface area contributed by atoms with E-state index in [9.17, 15) is 9.59 Å². The Balaban J connectivity index is 1.28. The van der Waals surface area contributed by atoms with Crippen LogP contribution in [0.3, 0.4) is 0 Å². The second-order valence-electron chi connectivity index (χ2n) is 7.85. The third kappa shape index (κ3) is 3.70. The molecule has 1 fully saturated rings. The van der Waals surface area contributed by atoms with E-state index in [-0.39, 0.29) is 18.4 Å². The average Bonchev–Trinajstić information content (AvgIpc) is 3.41. The molecule has 0 unspecified atom stereocenters. The van der Waals surface area contributed by atoms with Crippen molar-refractivity contribution >= 4 is 44.3 Å². The van der Waals surface area contributed by atoms with E-state index in [1.807, 2.05) is 45.9 Å². The Hall–Kier alpha value is -3.19. The summed E-state index contributed by atoms with van der Waals surface area (Å²) in [5.74, 6) is 0.0822. The Labute approximate surface area is 184 Å². The Morgan fingerprint density at radius 1 is 1.10 bits per heavy atom. The van der Waals surface area contributed by atoms with Crippen molar-refractivity contribution < 1.29 is 14.3 Å². The van der Waals surface area contributed by atoms with Gasteiger partial charge in [-0.2, -0.15) is 0 Å². The number of nitrogens with zero attached hydrogens (tertiary/aromatic N) is 3. The highest BCUT2D eigenvalue weighted by atomic mass is 32.1. The van der Waals surface area contributed by atoms with Crippen molar-refractivity contribution in [1.29, 1.82) is 0 Å². The number of fused-ring (bicyclic) bond motifs is 2. The van der Waals surface area contributed by atoms with Crippen LogP contribution < -0.4 is 0 Å². The molecule has 2 aromatic carbocycles. The lowest BCUT2D eigenvalue weighted by Gasteiger charge is -2.31. The predicted molar refractivity (Wildman–Crippen MR) is 121 cm³/mol. The normalized spacial score (nSPS) is 14.9. The predicted octanol–water partition coefficient (Wildman–Crippen LogP) is 4.44. The number of benzene rings is 2. The second kappa shape index (κ2) is 8.15. The molecule has 1 aliphatic heterocycles. The van der Waals surface area contributed by atoms with Crippen LogP contribution in [0, 0.1) is 0 Å². The second-order valence-corrected chi connectivity index (χ2v) is 8.92. The summed E-state index contributed by atoms with van der Waals surface area (Å²) >= 11 is 1.76. The lowest BCUT2D eigenvalue weighted by Crippen LogP contribution is -2.39. The molecule has 5 rings (SSSR count). The summed E-state index contributed by atoms with van der Waals surface area (Å²) < 4.78 is 7.97. The first-order valence-electron chi connectivity index (χ1n) is 10.4. The van der Waals surface area contributed by atoms with E-state index in [2.05, 4.69) is 12.1 Å². The van der Waals surface area contributed by atoms with Gasteiger partial charge in [-0.25, -0.2) is 9.78 Å². The molecule has 0 aliphatic carbocycles. The van der Waals surface area contributed by atoms with Crippen molar-refractivity contribution in [1.82, 2.24) is 14.5 Å². The quantitative estimate of drug-likeness (QED) is 0.446. The topological polar surface area (TPSA) is 64.4 Å². The van der Waals surface area contributed by atoms with E-state index in [1.54, 1.807) is 17.5 Å². The number of carbonyl (C=O) groups excluding carboxylic acids is 2. The Morgan fingerprint density at radius 2 is 1.84 bits per heavy atom. The van der Waals surface area contributed by atoms with Crippen LogP contribution in [0.25, 0.3) is 21.1 Å². The minimum Gasteiger partial charge on any atom is -0.465 e. The van der Waals surface area contributed by atoms with Gasteiger partial charge in [0.1, 0.15) is 6.54 Å². The van der Waals surface area contributed by atoms with Crippen molar-refractivity contribution in [3.63, 3.8) is 0 Å². The molecule has 1 aliphatic rings. The number of rotatable bonds is 4. The van der Waals surface area contributed by atoms with Gasteiger partial charge in [0.15, 0.2) is 0 Å². The molecule has 0 saturated carbocycles. The molecule has 0 spiro atoms. The highest BCUT2D eigenvalue weighted by Gasteiger charge is 2.26. The maximum atomic E-state index is 13.0. The van der Waals surface area contributed by atoms with Gasteiger partial charge in [0.05, 0.1) is 27.9 Å². The number of ether oxygens (including phenoxy) is 1. The van der Waals surface area contributed by atoms with Crippen molar-refractivity contribution in [3.8, 4) is 0 Å². The zero-order valence-electron chi connectivity index (χ0n) is 17.3. The van der Waals surface area contributed by atoms with Crippen LogP contribution in [-0.2, 0) is 16.1 Å². The number of piperidine rings is 1. The summed E-state index contributed by atoms with van der Waals surface area (Å²) in [6, 6.07) is 15.8. The van der Waals surface area contributed by atoms with Gasteiger partial charge >= 0.3 is 5.97 Å². The number of para-hydroxylation sites is 2. The summed E-state index contributed by atoms with van der Waals surface area (Å²) in [5, 5.41) is 1.98. The third-order valence-corrected chi connectivity index (χ3v) is 7.21. The van der Waals surface area contributed by atoms with Crippen molar-refractivity contribution in [2.45, 2.75) is 25.3 Å². The van der Waals surface area contributed by atoms with Gasteiger partial charge in [-0.15, -0.1) is 11.3 Å². The van der Waals surface area contributed by atoms with Crippen molar-refractivity contribution in [2.24, 2.45) is 0 Å². The zero-order valence-corrected chi connectivity index (χ0v) is 18.1. The standard InChI is InChI=1S/C24H23N3O3S/c1-30-24(29)18-14-27(20-8-4-2-6-17(18)20)15-22(28)26-12-10-16(11-13-26)23-25-19-7-3-5-9-21(19)31-23/h2-9,14,16H,10-13,15H2,1H3. The van der Waals surface area contributed by atoms with E-state index in [0.29, 0.717) is 11.5 Å². The monoisotopic (exact) mass is 433 g/mol. The molecule has 0 radical (unpaired) electrons. The van der Waals surface area contributed by atoms with Crippen LogP contribution in [-0.4, -0.2) is 46.5 Å². The minimum atomic E-state index is -0.390. The van der Waals surface area contributed by atoms with Crippen molar-refractivity contribution in [3.05, 3.63) is 65.3 Å². The number of hydrogen-bond acceptors (Lipinski definition) is 5. The fraction of sp³-hybridized carbons (Fsp3) is 0.292. The van der Waals surface area contributed by atoms with Gasteiger partial charge in [-0.3, -0.25) is 4.79 Å². The minimum absolute atomic E-state index is 0.0694. The SMILES string of the molecule is COC(=O)c1cn(CC(=O)N2CCC(c3nc4ccccc4s3)CC2)c2ccccc12. The number of thiazole rings is 1. The first-order chi connectivity index (χ1) is 15.1. The van der Waals surface area contributed by atoms with Crippen LogP contribution >= 0.6 is 11.3 Å². The largest absolute Gasteiger partial charge is 0.465 e. The number of hydrogen-bond donors (Lipinski definition) is 0. The third-order valence-electron chi connectivity index (χ3n) is 6.01. The lowest BCUT2D eigenvalue weighted by molar-refractivity contribution is -0.132. The van der Waals surface area contributed by atoms with Crippen LogP contribution in [0.2, 0.25) is 0 Å². The maximum Gasteiger partial charge on any atom is 0.340 e. The molecule has 0 N–H and O–H groups in total. The molecule has 1 amide bonds. The number of carbonyl (C=O) groups is 2. The van der Waals surface area contributed by atoms with E-state index in [1.165, 1.54) is 16.8 Å². The molecule has 3 heterocycles. The smallest absolute Gasteiger partial charge is 0.340 e. The Bertz CT molecular complexity index is 1230. The van der Waals surface area contributed by atoms with Gasteiger partial charge in [0.2, 0.25) is 5.91 Å². The molecule has 6 nitrogen and oxygen atoms in total. The molecule has 2 aromatic heterocycles. The molecule has 0 atom stereocenters. The molecule has 1 saturated heterocycles. The first kappa shape index (κ1) is 19.8. The molecule has 4 aromatic rings. The molecule has 31 heavy (non-hydrogen) atoms. The summed E-state index contributed by atoms with van der Waals surface area (Å²) in [6.45, 7) is 1.66. The summed E-state index contributed by atoms with van der Waals surface area (Å²) in [5.41, 5.74) is 2.41. The number of amides is 1. The number of methoxy groups -OCH3 is 1. The van der Waals surface area contributed by atoms with Crippen molar-refractivity contribution in [2.75, 3.05) is 20.2 Å². The van der Waals surface area contributed by atoms with Crippen LogP contribution in [0.1, 0.15) is 34.1 Å². The maximum absolute atomic E-state index is 13.0. The van der Waals surface area contributed by atoms with Gasteiger partial charge in [0.25, 0.3) is 0 Å². The van der Waals surface area contributed by atoms with Crippen LogP contribution in [0.5, 0.6) is 0 Å². The Morgan fingerprint density at radius 3 is 2.61 bits per heavy atom. The lowest BCUT2D eigenvalue weighted by atomic mass is 9.97. The van der Waals surface area contributed by atoms with Crippen LogP contribution in [0.4, 0.5) is 0 Å². The van der Waals surface area contributed by atoms with E-state index in [0.717, 1.165) is 42.4 Å². The highest BCUT2D eigenvalue weighted by Crippen LogP contribution is 2.34. The fourth-order valence-electron chi connectivity index (χ4n) is 4.34. The number of aromatic nitrogens is 2. The molecular weight excluding hydrogens is 410 g/mol. The number of esters is 1. The Kier molecular flexibility index (Phi) is 5.19. The van der Waals surface area contributed by atoms with E-state index >= 15 is 0 Å². The summed E-state index contributed by atoms with van der Waals surface area (Å²) in [7, 11) is 1.37. The summed E-state index contributed by atoms with van der Waals surface area (Å²) in [4.78, 5) is 31.9. The molecule has 0 bridgehead atoms. The van der Waals surface area contributed by atoms with E-state index in [4.69, 9.17) is 9.72 Å². The summed E-state index contributed by atoms with van der Waals surface area (Å²) in [6.07, 6.45) is 3.57. The molecule has 158 valence electrons. The van der Waals surface area contributed by atoms with Gasteiger partial charge in [-0.05, 0) is 31.0 Å². The molecular formula is C24H23N3O3S. The van der Waals surface area contributed by atoms with Gasteiger partial charge in [0, 0.05) is 36.1 Å². The zero-order chi connectivity index (χ0) is 21.4. The van der Waals surface area contributed by atoms with E-state index < -0.39 is 0 Å². The van der Waals surface area contributed by atoms with Crippen LogP contribution in [0.15, 0.2) is 54.7 Å². The highest BCUT2D eigenvalue weighted by molar-refractivity contribution is 7.18. The number of likely N-dealkylation sites (tertiary alicyclic amines) is 1. The molecule has 7 heteroatoms. The van der Waals surface area contributed by atoms with Gasteiger partial charge in [-0.1, -0.05) is 30.3 Å². The average molecular weight is 434 g/mol. The van der Waals surface area contributed by atoms with Gasteiger partial charge < -0.3 is 14.2 Å².